The number of nitro groups is 1. The zero-order chi connectivity index (χ0) is 20.8. The highest BCUT2D eigenvalue weighted by Crippen LogP contribution is 2.23. The van der Waals surface area contributed by atoms with Crippen molar-refractivity contribution in [3.05, 3.63) is 69.8 Å². The molecule has 1 heterocycles. The molecule has 1 aliphatic heterocycles. The van der Waals surface area contributed by atoms with E-state index in [0.717, 1.165) is 17.3 Å². The highest BCUT2D eigenvalue weighted by Gasteiger charge is 2.32. The molecule has 10 heteroatoms. The second-order valence-corrected chi connectivity index (χ2v) is 7.40. The molecule has 1 atom stereocenters. The maximum Gasteiger partial charge on any atom is 0.269 e. The summed E-state index contributed by atoms with van der Waals surface area (Å²) in [5.74, 6) is -0.574. The standard InChI is InChI=1S/C19H17N5O4S/c1-12-2-6-14(7-3-12)21-17(25)10-16-18(26)22-19(29-16)23-20-11-13-4-8-15(9-5-13)24(27)28/h2-9,11,16H,10H2,1H3,(H,21,25)(H,22,23,26)/b20-11+. The molecule has 0 saturated carbocycles. The van der Waals surface area contributed by atoms with Crippen molar-refractivity contribution >= 4 is 46.3 Å². The van der Waals surface area contributed by atoms with Crippen LogP contribution < -0.4 is 10.6 Å². The summed E-state index contributed by atoms with van der Waals surface area (Å²) in [5.41, 5.74) is 2.37. The van der Waals surface area contributed by atoms with Crippen molar-refractivity contribution in [2.24, 2.45) is 10.2 Å². The minimum Gasteiger partial charge on any atom is -0.326 e. The lowest BCUT2D eigenvalue weighted by atomic mass is 10.2. The van der Waals surface area contributed by atoms with Gasteiger partial charge in [0.25, 0.3) is 5.69 Å². The molecule has 1 saturated heterocycles. The molecule has 3 rings (SSSR count). The van der Waals surface area contributed by atoms with Crippen LogP contribution in [-0.2, 0) is 9.59 Å². The molecule has 0 spiro atoms. The van der Waals surface area contributed by atoms with Crippen LogP contribution in [0.3, 0.4) is 0 Å². The minimum atomic E-state index is -0.589. The number of anilines is 1. The Morgan fingerprint density at radius 1 is 1.24 bits per heavy atom. The number of amides is 2. The lowest BCUT2D eigenvalue weighted by Crippen LogP contribution is -2.28. The number of thioether (sulfide) groups is 1. The maximum atomic E-state index is 12.2. The molecular formula is C19H17N5O4S. The van der Waals surface area contributed by atoms with E-state index < -0.39 is 10.2 Å². The van der Waals surface area contributed by atoms with Gasteiger partial charge in [-0.1, -0.05) is 29.5 Å². The number of carbonyl (C=O) groups excluding carboxylic acids is 2. The molecule has 2 aromatic rings. The molecule has 0 aliphatic carbocycles. The van der Waals surface area contributed by atoms with Gasteiger partial charge in [0, 0.05) is 24.2 Å². The normalized spacial score (nSPS) is 17.5. The van der Waals surface area contributed by atoms with E-state index in [0.29, 0.717) is 16.4 Å². The number of hydrogen-bond donors (Lipinski definition) is 2. The van der Waals surface area contributed by atoms with Gasteiger partial charge in [0.15, 0.2) is 5.17 Å². The van der Waals surface area contributed by atoms with E-state index in [1.165, 1.54) is 18.3 Å². The average Bonchev–Trinajstić information content (AvgIpc) is 3.03. The summed E-state index contributed by atoms with van der Waals surface area (Å²) in [5, 5.41) is 23.5. The van der Waals surface area contributed by atoms with Crippen molar-refractivity contribution in [1.82, 2.24) is 5.32 Å². The second kappa shape index (κ2) is 9.11. The lowest BCUT2D eigenvalue weighted by Gasteiger charge is -2.07. The number of rotatable bonds is 6. The van der Waals surface area contributed by atoms with E-state index in [2.05, 4.69) is 20.8 Å². The first kappa shape index (κ1) is 20.2. The van der Waals surface area contributed by atoms with E-state index in [4.69, 9.17) is 0 Å². The van der Waals surface area contributed by atoms with E-state index in [1.54, 1.807) is 24.3 Å². The van der Waals surface area contributed by atoms with Gasteiger partial charge < -0.3 is 10.6 Å². The van der Waals surface area contributed by atoms with Crippen LogP contribution in [0, 0.1) is 17.0 Å². The number of nitro benzene ring substituents is 1. The molecule has 1 unspecified atom stereocenters. The number of nitrogens with zero attached hydrogens (tertiary/aromatic N) is 3. The smallest absolute Gasteiger partial charge is 0.269 e. The van der Waals surface area contributed by atoms with Crippen LogP contribution in [0.5, 0.6) is 0 Å². The second-order valence-electron chi connectivity index (χ2n) is 6.21. The van der Waals surface area contributed by atoms with Gasteiger partial charge in [-0.25, -0.2) is 0 Å². The molecule has 9 nitrogen and oxygen atoms in total. The Morgan fingerprint density at radius 2 is 1.93 bits per heavy atom. The Balaban J connectivity index is 1.54. The summed E-state index contributed by atoms with van der Waals surface area (Å²) in [6.07, 6.45) is 1.43. The van der Waals surface area contributed by atoms with Gasteiger partial charge in [-0.2, -0.15) is 5.10 Å². The molecular weight excluding hydrogens is 394 g/mol. The first-order valence-corrected chi connectivity index (χ1v) is 9.48. The molecule has 148 valence electrons. The molecule has 1 fully saturated rings. The van der Waals surface area contributed by atoms with Gasteiger partial charge in [0.05, 0.1) is 11.1 Å². The van der Waals surface area contributed by atoms with Crippen molar-refractivity contribution < 1.29 is 14.5 Å². The largest absolute Gasteiger partial charge is 0.326 e. The van der Waals surface area contributed by atoms with Crippen LogP contribution in [0.2, 0.25) is 0 Å². The summed E-state index contributed by atoms with van der Waals surface area (Å²) in [6.45, 7) is 1.95. The maximum absolute atomic E-state index is 12.2. The van der Waals surface area contributed by atoms with Crippen LogP contribution in [0.15, 0.2) is 58.7 Å². The van der Waals surface area contributed by atoms with Crippen LogP contribution in [0.1, 0.15) is 17.5 Å². The van der Waals surface area contributed by atoms with Gasteiger partial charge in [-0.3, -0.25) is 19.7 Å². The summed E-state index contributed by atoms with van der Waals surface area (Å²) in [6, 6.07) is 13.2. The van der Waals surface area contributed by atoms with Gasteiger partial charge >= 0.3 is 0 Å². The third kappa shape index (κ3) is 5.72. The van der Waals surface area contributed by atoms with E-state index in [-0.39, 0.29) is 23.9 Å². The summed E-state index contributed by atoms with van der Waals surface area (Å²) < 4.78 is 0. The van der Waals surface area contributed by atoms with Crippen molar-refractivity contribution in [3.8, 4) is 0 Å². The van der Waals surface area contributed by atoms with Crippen LogP contribution >= 0.6 is 11.8 Å². The van der Waals surface area contributed by atoms with E-state index in [9.17, 15) is 19.7 Å². The van der Waals surface area contributed by atoms with Gasteiger partial charge in [-0.15, -0.1) is 5.10 Å². The molecule has 1 aliphatic rings. The molecule has 0 bridgehead atoms. The number of hydrogen-bond acceptors (Lipinski definition) is 7. The fourth-order valence-corrected chi connectivity index (χ4v) is 3.36. The Morgan fingerprint density at radius 3 is 2.59 bits per heavy atom. The fraction of sp³-hybridized carbons (Fsp3) is 0.158. The highest BCUT2D eigenvalue weighted by atomic mass is 32.2. The van der Waals surface area contributed by atoms with E-state index in [1.807, 2.05) is 19.1 Å². The number of amidine groups is 1. The zero-order valence-electron chi connectivity index (χ0n) is 15.4. The first-order valence-electron chi connectivity index (χ1n) is 8.60. The van der Waals surface area contributed by atoms with Gasteiger partial charge in [-0.05, 0) is 36.8 Å². The van der Waals surface area contributed by atoms with Crippen LogP contribution in [0.4, 0.5) is 11.4 Å². The van der Waals surface area contributed by atoms with E-state index >= 15 is 0 Å². The monoisotopic (exact) mass is 411 g/mol. The van der Waals surface area contributed by atoms with Crippen molar-refractivity contribution in [2.45, 2.75) is 18.6 Å². The summed E-state index contributed by atoms with van der Waals surface area (Å²) in [7, 11) is 0. The SMILES string of the molecule is Cc1ccc(NC(=O)CC2S/C(=N/N=C/c3ccc([N+](=O)[O-])cc3)NC2=O)cc1. The Kier molecular flexibility index (Phi) is 6.35. The quantitative estimate of drug-likeness (QED) is 0.429. The molecule has 2 aromatic carbocycles. The van der Waals surface area contributed by atoms with Gasteiger partial charge in [0.2, 0.25) is 11.8 Å². The van der Waals surface area contributed by atoms with Crippen molar-refractivity contribution in [2.75, 3.05) is 5.32 Å². The number of nitrogens with one attached hydrogen (secondary N) is 2. The third-order valence-electron chi connectivity index (χ3n) is 3.94. The molecule has 0 radical (unpaired) electrons. The lowest BCUT2D eigenvalue weighted by molar-refractivity contribution is -0.384. The zero-order valence-corrected chi connectivity index (χ0v) is 16.2. The first-order chi connectivity index (χ1) is 13.9. The third-order valence-corrected chi connectivity index (χ3v) is 5.01. The topological polar surface area (TPSA) is 126 Å². The minimum absolute atomic E-state index is 0.00939. The Labute approximate surface area is 170 Å². The molecule has 2 amide bonds. The summed E-state index contributed by atoms with van der Waals surface area (Å²) >= 11 is 1.13. The fourth-order valence-electron chi connectivity index (χ4n) is 2.43. The molecule has 29 heavy (non-hydrogen) atoms. The Hall–Kier alpha value is -3.53. The number of carbonyl (C=O) groups is 2. The average molecular weight is 411 g/mol. The molecule has 0 aromatic heterocycles. The number of non-ortho nitro benzene ring substituents is 1. The Bertz CT molecular complexity index is 987. The molecule has 2 N–H and O–H groups in total. The number of aryl methyl sites for hydroxylation is 1. The van der Waals surface area contributed by atoms with Crippen LogP contribution in [-0.4, -0.2) is 33.4 Å². The highest BCUT2D eigenvalue weighted by molar-refractivity contribution is 8.15. The van der Waals surface area contributed by atoms with Crippen molar-refractivity contribution in [3.63, 3.8) is 0 Å². The van der Waals surface area contributed by atoms with Crippen LogP contribution in [0.25, 0.3) is 0 Å². The predicted octanol–water partition coefficient (Wildman–Crippen LogP) is 2.85. The predicted molar refractivity (Wildman–Crippen MR) is 112 cm³/mol. The summed E-state index contributed by atoms with van der Waals surface area (Å²) in [4.78, 5) is 34.3. The number of benzene rings is 2. The van der Waals surface area contributed by atoms with Crippen molar-refractivity contribution in [1.29, 1.82) is 0 Å². The van der Waals surface area contributed by atoms with Gasteiger partial charge in [0.1, 0.15) is 5.25 Å².